The van der Waals surface area contributed by atoms with Crippen molar-refractivity contribution in [1.82, 2.24) is 9.55 Å². The highest BCUT2D eigenvalue weighted by Gasteiger charge is 2.14. The van der Waals surface area contributed by atoms with Gasteiger partial charge >= 0.3 is 6.09 Å². The molecular formula is C10H7ClN2O4. The SMILES string of the molecule is COc1ccc2c(=O)n(C(=O)O)c(Cl)nc2c1. The largest absolute Gasteiger partial charge is 0.497 e. The van der Waals surface area contributed by atoms with Crippen LogP contribution in [-0.4, -0.2) is 27.9 Å². The number of halogens is 1. The molecule has 2 aromatic rings. The van der Waals surface area contributed by atoms with Gasteiger partial charge in [-0.15, -0.1) is 0 Å². The summed E-state index contributed by atoms with van der Waals surface area (Å²) in [5.74, 6) is 0.508. The molecular weight excluding hydrogens is 248 g/mol. The summed E-state index contributed by atoms with van der Waals surface area (Å²) in [4.78, 5) is 26.5. The van der Waals surface area contributed by atoms with Gasteiger partial charge in [-0.25, -0.2) is 9.78 Å². The molecule has 0 unspecified atom stereocenters. The summed E-state index contributed by atoms with van der Waals surface area (Å²) in [6, 6.07) is 4.50. The Morgan fingerprint density at radius 3 is 2.82 bits per heavy atom. The molecule has 0 saturated carbocycles. The second-order valence-corrected chi connectivity index (χ2v) is 3.53. The van der Waals surface area contributed by atoms with Crippen molar-refractivity contribution >= 4 is 28.6 Å². The summed E-state index contributed by atoms with van der Waals surface area (Å²) in [6.07, 6.45) is -1.47. The Morgan fingerprint density at radius 2 is 2.24 bits per heavy atom. The zero-order valence-corrected chi connectivity index (χ0v) is 9.43. The van der Waals surface area contributed by atoms with Crippen molar-refractivity contribution in [3.05, 3.63) is 33.8 Å². The van der Waals surface area contributed by atoms with E-state index in [4.69, 9.17) is 21.4 Å². The van der Waals surface area contributed by atoms with E-state index in [2.05, 4.69) is 4.98 Å². The molecule has 88 valence electrons. The molecule has 0 radical (unpaired) electrons. The second-order valence-electron chi connectivity index (χ2n) is 3.19. The van der Waals surface area contributed by atoms with Gasteiger partial charge in [0.05, 0.1) is 18.0 Å². The summed E-state index contributed by atoms with van der Waals surface area (Å²) >= 11 is 5.63. The lowest BCUT2D eigenvalue weighted by Gasteiger charge is -2.05. The molecule has 0 spiro atoms. The van der Waals surface area contributed by atoms with Crippen LogP contribution < -0.4 is 10.3 Å². The zero-order chi connectivity index (χ0) is 12.6. The summed E-state index contributed by atoms with van der Waals surface area (Å²) in [6.45, 7) is 0. The van der Waals surface area contributed by atoms with Gasteiger partial charge in [-0.05, 0) is 23.7 Å². The first kappa shape index (κ1) is 11.4. The average Bonchev–Trinajstić information content (AvgIpc) is 2.27. The second kappa shape index (κ2) is 4.06. The monoisotopic (exact) mass is 254 g/mol. The van der Waals surface area contributed by atoms with Gasteiger partial charge in [0.2, 0.25) is 5.28 Å². The Bertz CT molecular complexity index is 665. The van der Waals surface area contributed by atoms with E-state index in [1.165, 1.54) is 19.2 Å². The molecule has 0 fully saturated rings. The molecule has 0 amide bonds. The fourth-order valence-electron chi connectivity index (χ4n) is 1.43. The summed E-state index contributed by atoms with van der Waals surface area (Å²) < 4.78 is 5.36. The summed E-state index contributed by atoms with van der Waals surface area (Å²) in [5, 5.41) is 8.59. The minimum absolute atomic E-state index is 0.164. The van der Waals surface area contributed by atoms with Gasteiger partial charge in [-0.2, -0.15) is 4.57 Å². The number of carbonyl (C=O) groups is 1. The van der Waals surface area contributed by atoms with Crippen molar-refractivity contribution in [2.24, 2.45) is 0 Å². The molecule has 0 bridgehead atoms. The maximum absolute atomic E-state index is 11.8. The van der Waals surface area contributed by atoms with Crippen LogP contribution in [0.2, 0.25) is 5.28 Å². The topological polar surface area (TPSA) is 81.4 Å². The van der Waals surface area contributed by atoms with Gasteiger partial charge in [0.1, 0.15) is 5.75 Å². The van der Waals surface area contributed by atoms with Gasteiger partial charge in [0, 0.05) is 6.07 Å². The van der Waals surface area contributed by atoms with Crippen molar-refractivity contribution in [2.45, 2.75) is 0 Å². The third kappa shape index (κ3) is 1.83. The maximum atomic E-state index is 11.8. The minimum atomic E-state index is -1.47. The van der Waals surface area contributed by atoms with Crippen molar-refractivity contribution in [2.75, 3.05) is 7.11 Å². The van der Waals surface area contributed by atoms with Crippen LogP contribution >= 0.6 is 11.6 Å². The molecule has 7 heteroatoms. The van der Waals surface area contributed by atoms with E-state index in [-0.39, 0.29) is 10.9 Å². The average molecular weight is 255 g/mol. The first-order chi connectivity index (χ1) is 8.04. The molecule has 0 aliphatic rings. The number of hydrogen-bond donors (Lipinski definition) is 1. The molecule has 1 heterocycles. The van der Waals surface area contributed by atoms with Crippen molar-refractivity contribution in [3.63, 3.8) is 0 Å². The first-order valence-corrected chi connectivity index (χ1v) is 4.92. The minimum Gasteiger partial charge on any atom is -0.497 e. The lowest BCUT2D eigenvalue weighted by molar-refractivity contribution is 0.195. The number of hydrogen-bond acceptors (Lipinski definition) is 4. The Balaban J connectivity index is 2.86. The van der Waals surface area contributed by atoms with Crippen molar-refractivity contribution in [3.8, 4) is 5.75 Å². The number of aromatic nitrogens is 2. The van der Waals surface area contributed by atoms with Crippen molar-refractivity contribution in [1.29, 1.82) is 0 Å². The number of ether oxygens (including phenoxy) is 1. The highest BCUT2D eigenvalue weighted by molar-refractivity contribution is 6.29. The van der Waals surface area contributed by atoms with Gasteiger partial charge < -0.3 is 9.84 Å². The molecule has 2 rings (SSSR count). The van der Waals surface area contributed by atoms with E-state index in [9.17, 15) is 9.59 Å². The van der Waals surface area contributed by atoms with E-state index in [1.807, 2.05) is 0 Å². The number of rotatable bonds is 1. The maximum Gasteiger partial charge on any atom is 0.421 e. The van der Waals surface area contributed by atoms with Crippen LogP contribution in [0.25, 0.3) is 10.9 Å². The molecule has 17 heavy (non-hydrogen) atoms. The summed E-state index contributed by atoms with van der Waals surface area (Å²) in [5.41, 5.74) is -0.438. The van der Waals surface area contributed by atoms with Gasteiger partial charge in [0.25, 0.3) is 5.56 Å². The van der Waals surface area contributed by atoms with E-state index in [1.54, 1.807) is 6.07 Å². The van der Waals surface area contributed by atoms with E-state index in [0.717, 1.165) is 0 Å². The van der Waals surface area contributed by atoms with E-state index in [0.29, 0.717) is 10.3 Å². The molecule has 1 N–H and O–H groups in total. The Hall–Kier alpha value is -2.08. The number of benzene rings is 1. The number of nitrogens with zero attached hydrogens (tertiary/aromatic N) is 2. The molecule has 0 saturated heterocycles. The molecule has 6 nitrogen and oxygen atoms in total. The first-order valence-electron chi connectivity index (χ1n) is 4.54. The summed E-state index contributed by atoms with van der Waals surface area (Å²) in [7, 11) is 1.47. The predicted molar refractivity (Wildman–Crippen MR) is 61.0 cm³/mol. The van der Waals surface area contributed by atoms with Crippen LogP contribution in [0.1, 0.15) is 0 Å². The molecule has 0 aliphatic carbocycles. The number of methoxy groups -OCH3 is 1. The van der Waals surface area contributed by atoms with E-state index < -0.39 is 16.9 Å². The van der Waals surface area contributed by atoms with Crippen LogP contribution in [-0.2, 0) is 0 Å². The fraction of sp³-hybridized carbons (Fsp3) is 0.100. The highest BCUT2D eigenvalue weighted by atomic mass is 35.5. The van der Waals surface area contributed by atoms with Crippen LogP contribution in [0.15, 0.2) is 23.0 Å². The third-order valence-corrected chi connectivity index (χ3v) is 2.48. The predicted octanol–water partition coefficient (Wildman–Crippen LogP) is 1.58. The lowest BCUT2D eigenvalue weighted by Crippen LogP contribution is -2.27. The third-order valence-electron chi connectivity index (χ3n) is 2.23. The Morgan fingerprint density at radius 1 is 1.53 bits per heavy atom. The fourth-order valence-corrected chi connectivity index (χ4v) is 1.67. The van der Waals surface area contributed by atoms with Crippen molar-refractivity contribution < 1.29 is 14.6 Å². The molecule has 0 atom stereocenters. The van der Waals surface area contributed by atoms with Crippen LogP contribution in [0.3, 0.4) is 0 Å². The lowest BCUT2D eigenvalue weighted by atomic mass is 10.2. The van der Waals surface area contributed by atoms with Crippen LogP contribution in [0, 0.1) is 0 Å². The Kier molecular flexibility index (Phi) is 2.72. The smallest absolute Gasteiger partial charge is 0.421 e. The molecule has 1 aromatic heterocycles. The van der Waals surface area contributed by atoms with Crippen LogP contribution in [0.4, 0.5) is 4.79 Å². The number of fused-ring (bicyclic) bond motifs is 1. The van der Waals surface area contributed by atoms with Gasteiger partial charge in [0.15, 0.2) is 0 Å². The standard InChI is InChI=1S/C10H7ClN2O4/c1-17-5-2-3-6-7(4-5)12-9(11)13(8(6)14)10(15)16/h2-4H,1H3,(H,15,16). The van der Waals surface area contributed by atoms with Crippen LogP contribution in [0.5, 0.6) is 5.75 Å². The van der Waals surface area contributed by atoms with Gasteiger partial charge in [-0.3, -0.25) is 4.79 Å². The zero-order valence-electron chi connectivity index (χ0n) is 8.68. The normalized spacial score (nSPS) is 10.5. The molecule has 1 aromatic carbocycles. The molecule has 0 aliphatic heterocycles. The number of carboxylic acid groups (broad SMARTS) is 1. The highest BCUT2D eigenvalue weighted by Crippen LogP contribution is 2.18. The quantitative estimate of drug-likeness (QED) is 0.782. The van der Waals surface area contributed by atoms with E-state index >= 15 is 0 Å². The Labute approximate surface area is 100 Å². The van der Waals surface area contributed by atoms with Gasteiger partial charge in [-0.1, -0.05) is 0 Å².